The van der Waals surface area contributed by atoms with Crippen LogP contribution in [-0.4, -0.2) is 18.0 Å². The second-order valence-corrected chi connectivity index (χ2v) is 14.4. The monoisotopic (exact) mass is 534 g/mol. The third-order valence-electron chi connectivity index (χ3n) is 12.2. The summed E-state index contributed by atoms with van der Waals surface area (Å²) in [5.41, 5.74) is 11.4. The van der Waals surface area contributed by atoms with Gasteiger partial charge in [0.2, 0.25) is 5.79 Å². The van der Waals surface area contributed by atoms with E-state index in [0.717, 1.165) is 40.8 Å². The first-order valence-electron chi connectivity index (χ1n) is 15.5. The van der Waals surface area contributed by atoms with E-state index in [1.165, 1.54) is 52.7 Å². The lowest BCUT2D eigenvalue weighted by molar-refractivity contribution is -0.0615. The van der Waals surface area contributed by atoms with Crippen molar-refractivity contribution >= 4 is 45.9 Å². The van der Waals surface area contributed by atoms with Crippen molar-refractivity contribution in [2.45, 2.75) is 108 Å². The second-order valence-electron chi connectivity index (χ2n) is 14.4. The van der Waals surface area contributed by atoms with Gasteiger partial charge in [0, 0.05) is 40.1 Å². The van der Waals surface area contributed by atoms with Crippen molar-refractivity contribution in [3.05, 3.63) is 64.2 Å². The highest BCUT2D eigenvalue weighted by molar-refractivity contribution is 7.00. The standard InChI is InChI=1S/C35H37BF2N2/c1-20-14-23-30-25(16-20)36-26-17-21(2)15-24-31(26)40(35(38)13-9-8-12-34(24,35)37)28-19-22(3)18-27(29(28)36)39(30)33(5)11-7-6-10-32(23,33)4/h14-19H,6-13H2,1-5H3. The number of benzene rings is 3. The fourth-order valence-electron chi connectivity index (χ4n) is 10.3. The highest BCUT2D eigenvalue weighted by atomic mass is 19.2. The SMILES string of the molecule is Cc1cc2c3c(c1)N1c4c(cc(C)cc4C4(F)CCCCC14F)B3c1cc(C)cc3c1N2C1(C)CCCCC31C. The summed E-state index contributed by atoms with van der Waals surface area (Å²) >= 11 is 0. The van der Waals surface area contributed by atoms with Gasteiger partial charge < -0.3 is 9.80 Å². The van der Waals surface area contributed by atoms with Crippen LogP contribution < -0.4 is 26.2 Å². The summed E-state index contributed by atoms with van der Waals surface area (Å²) in [5, 5.41) is 0. The van der Waals surface area contributed by atoms with Gasteiger partial charge in [-0.15, -0.1) is 0 Å². The number of aryl methyl sites for hydroxylation is 3. The van der Waals surface area contributed by atoms with Crippen molar-refractivity contribution < 1.29 is 8.78 Å². The van der Waals surface area contributed by atoms with E-state index in [2.05, 4.69) is 69.9 Å². The van der Waals surface area contributed by atoms with Crippen LogP contribution in [0, 0.1) is 20.8 Å². The Bertz CT molecular complexity index is 1580. The van der Waals surface area contributed by atoms with Crippen LogP contribution in [0.2, 0.25) is 0 Å². The normalized spacial score (nSPS) is 33.8. The molecule has 2 fully saturated rings. The third-order valence-corrected chi connectivity index (χ3v) is 12.2. The lowest BCUT2D eigenvalue weighted by Gasteiger charge is -2.53. The quantitative estimate of drug-likeness (QED) is 0.225. The summed E-state index contributed by atoms with van der Waals surface area (Å²) in [4.78, 5) is 4.52. The average molecular weight is 535 g/mol. The van der Waals surface area contributed by atoms with Gasteiger partial charge in [-0.25, -0.2) is 8.78 Å². The van der Waals surface area contributed by atoms with E-state index in [-0.39, 0.29) is 30.5 Å². The zero-order valence-electron chi connectivity index (χ0n) is 24.3. The molecule has 0 saturated heterocycles. The smallest absolute Gasteiger partial charge is 0.252 e. The molecule has 0 amide bonds. The molecule has 5 heteroatoms. The van der Waals surface area contributed by atoms with E-state index in [4.69, 9.17) is 0 Å². The first kappa shape index (κ1) is 23.8. The zero-order chi connectivity index (χ0) is 27.6. The van der Waals surface area contributed by atoms with Crippen LogP contribution in [0.25, 0.3) is 0 Å². The van der Waals surface area contributed by atoms with Crippen molar-refractivity contribution in [2.24, 2.45) is 0 Å². The Morgan fingerprint density at radius 2 is 1.20 bits per heavy atom. The maximum Gasteiger partial charge on any atom is 0.252 e. The molecule has 4 atom stereocenters. The molecule has 6 aliphatic rings. The lowest BCUT2D eigenvalue weighted by Crippen LogP contribution is -2.66. The van der Waals surface area contributed by atoms with Crippen molar-refractivity contribution in [3.8, 4) is 0 Å². The largest absolute Gasteiger partial charge is 0.335 e. The summed E-state index contributed by atoms with van der Waals surface area (Å²) < 4.78 is 34.9. The van der Waals surface area contributed by atoms with Crippen LogP contribution >= 0.6 is 0 Å². The van der Waals surface area contributed by atoms with Gasteiger partial charge in [0.25, 0.3) is 6.71 Å². The van der Waals surface area contributed by atoms with Crippen molar-refractivity contribution in [3.63, 3.8) is 0 Å². The molecule has 204 valence electrons. The molecule has 2 saturated carbocycles. The minimum absolute atomic E-state index is 0.0277. The summed E-state index contributed by atoms with van der Waals surface area (Å²) in [7, 11) is 0. The molecule has 0 aromatic heterocycles. The topological polar surface area (TPSA) is 6.48 Å². The second kappa shape index (κ2) is 6.97. The highest BCUT2D eigenvalue weighted by Gasteiger charge is 2.69. The molecule has 0 bridgehead atoms. The average Bonchev–Trinajstić information content (AvgIpc) is 3.24. The summed E-state index contributed by atoms with van der Waals surface area (Å²) in [6.45, 7) is 11.4. The number of hydrogen-bond donors (Lipinski definition) is 0. The minimum atomic E-state index is -2.06. The van der Waals surface area contributed by atoms with Crippen LogP contribution in [0.1, 0.15) is 93.0 Å². The van der Waals surface area contributed by atoms with E-state index in [1.54, 1.807) is 0 Å². The van der Waals surface area contributed by atoms with Gasteiger partial charge in [0.15, 0.2) is 5.67 Å². The van der Waals surface area contributed by atoms with Crippen LogP contribution in [0.5, 0.6) is 0 Å². The predicted molar refractivity (Wildman–Crippen MR) is 162 cm³/mol. The number of rotatable bonds is 0. The highest BCUT2D eigenvalue weighted by Crippen LogP contribution is 2.65. The number of halogens is 2. The minimum Gasteiger partial charge on any atom is -0.335 e. The molecule has 4 aliphatic heterocycles. The number of nitrogens with zero attached hydrogens (tertiary/aromatic N) is 2. The molecule has 0 spiro atoms. The number of alkyl halides is 2. The fourth-order valence-corrected chi connectivity index (χ4v) is 10.3. The van der Waals surface area contributed by atoms with E-state index in [9.17, 15) is 0 Å². The molecule has 40 heavy (non-hydrogen) atoms. The molecule has 4 unspecified atom stereocenters. The third kappa shape index (κ3) is 2.32. The number of anilines is 4. The molecular weight excluding hydrogens is 497 g/mol. The van der Waals surface area contributed by atoms with Gasteiger partial charge in [0.1, 0.15) is 0 Å². The first-order chi connectivity index (χ1) is 19.0. The van der Waals surface area contributed by atoms with Gasteiger partial charge in [-0.05, 0) is 99.4 Å². The molecule has 0 radical (unpaired) electrons. The molecule has 4 heterocycles. The first-order valence-corrected chi connectivity index (χ1v) is 15.5. The van der Waals surface area contributed by atoms with Gasteiger partial charge in [0.05, 0.1) is 5.54 Å². The molecule has 0 N–H and O–H groups in total. The summed E-state index contributed by atoms with van der Waals surface area (Å²) in [5.74, 6) is -2.06. The molecule has 2 nitrogen and oxygen atoms in total. The van der Waals surface area contributed by atoms with Crippen molar-refractivity contribution in [2.75, 3.05) is 9.80 Å². The summed E-state index contributed by atoms with van der Waals surface area (Å²) in [6.07, 6.45) is 6.70. The van der Waals surface area contributed by atoms with E-state index < -0.39 is 11.5 Å². The van der Waals surface area contributed by atoms with E-state index in [1.807, 2.05) is 11.0 Å². The lowest BCUT2D eigenvalue weighted by atomic mass is 9.33. The van der Waals surface area contributed by atoms with Crippen LogP contribution in [0.15, 0.2) is 36.4 Å². The molecule has 2 aliphatic carbocycles. The maximum atomic E-state index is 17.6. The Balaban J connectivity index is 1.45. The van der Waals surface area contributed by atoms with Crippen molar-refractivity contribution in [1.29, 1.82) is 0 Å². The van der Waals surface area contributed by atoms with Crippen LogP contribution in [-0.2, 0) is 11.1 Å². The van der Waals surface area contributed by atoms with Gasteiger partial charge >= 0.3 is 0 Å². The van der Waals surface area contributed by atoms with Crippen LogP contribution in [0.4, 0.5) is 31.5 Å². The Morgan fingerprint density at radius 3 is 1.93 bits per heavy atom. The number of fused-ring (bicyclic) bond motifs is 10. The van der Waals surface area contributed by atoms with Gasteiger partial charge in [-0.3, -0.25) is 0 Å². The van der Waals surface area contributed by atoms with Crippen molar-refractivity contribution in [1.82, 2.24) is 0 Å². The maximum absolute atomic E-state index is 17.6. The Hall–Kier alpha value is -2.82. The van der Waals surface area contributed by atoms with E-state index >= 15 is 8.78 Å². The Morgan fingerprint density at radius 1 is 0.650 bits per heavy atom. The van der Waals surface area contributed by atoms with Gasteiger partial charge in [-0.1, -0.05) is 55.2 Å². The molecule has 3 aromatic carbocycles. The van der Waals surface area contributed by atoms with Gasteiger partial charge in [-0.2, -0.15) is 0 Å². The zero-order valence-corrected chi connectivity index (χ0v) is 24.3. The van der Waals surface area contributed by atoms with Crippen LogP contribution in [0.3, 0.4) is 0 Å². The summed E-state index contributed by atoms with van der Waals surface area (Å²) in [6, 6.07) is 13.5. The Kier molecular flexibility index (Phi) is 4.15. The Labute approximate surface area is 236 Å². The molecular formula is C35H37BF2N2. The molecule has 3 aromatic rings. The molecule has 9 rings (SSSR count). The van der Waals surface area contributed by atoms with E-state index in [0.29, 0.717) is 12.0 Å². The number of hydrogen-bond acceptors (Lipinski definition) is 2. The fraction of sp³-hybridized carbons (Fsp3) is 0.486. The predicted octanol–water partition coefficient (Wildman–Crippen LogP) is 7.05.